The Bertz CT molecular complexity index is 1120. The SMILES string of the molecule is Cc1ccc2ccccc2c1CSc1ncc(-c2ccc([N+](=O)[O-])cc2)[nH]1. The summed E-state index contributed by atoms with van der Waals surface area (Å²) in [6, 6.07) is 19.2. The lowest BCUT2D eigenvalue weighted by Crippen LogP contribution is -1.90. The van der Waals surface area contributed by atoms with Crippen molar-refractivity contribution in [1.82, 2.24) is 9.97 Å². The van der Waals surface area contributed by atoms with E-state index in [4.69, 9.17) is 0 Å². The van der Waals surface area contributed by atoms with Gasteiger partial charge < -0.3 is 4.98 Å². The third kappa shape index (κ3) is 3.57. The highest BCUT2D eigenvalue weighted by Gasteiger charge is 2.10. The molecule has 0 atom stereocenters. The van der Waals surface area contributed by atoms with Crippen molar-refractivity contribution in [2.24, 2.45) is 0 Å². The molecule has 0 saturated carbocycles. The molecule has 0 unspecified atom stereocenters. The number of rotatable bonds is 5. The summed E-state index contributed by atoms with van der Waals surface area (Å²) >= 11 is 1.65. The zero-order chi connectivity index (χ0) is 18.8. The van der Waals surface area contributed by atoms with Gasteiger partial charge >= 0.3 is 0 Å². The molecule has 0 saturated heterocycles. The first-order valence-corrected chi connectivity index (χ1v) is 9.50. The second-order valence-electron chi connectivity index (χ2n) is 6.28. The van der Waals surface area contributed by atoms with E-state index in [2.05, 4.69) is 53.3 Å². The molecule has 6 heteroatoms. The predicted molar refractivity (Wildman–Crippen MR) is 109 cm³/mol. The average Bonchev–Trinajstić information content (AvgIpc) is 3.16. The molecular weight excluding hydrogens is 358 g/mol. The van der Waals surface area contributed by atoms with Crippen LogP contribution in [0.2, 0.25) is 0 Å². The summed E-state index contributed by atoms with van der Waals surface area (Å²) < 4.78 is 0. The number of hydrogen-bond donors (Lipinski definition) is 1. The second-order valence-corrected chi connectivity index (χ2v) is 7.24. The van der Waals surface area contributed by atoms with Gasteiger partial charge in [-0.25, -0.2) is 4.98 Å². The molecule has 5 nitrogen and oxygen atoms in total. The fourth-order valence-electron chi connectivity index (χ4n) is 3.06. The lowest BCUT2D eigenvalue weighted by Gasteiger charge is -2.09. The van der Waals surface area contributed by atoms with Crippen LogP contribution in [0, 0.1) is 17.0 Å². The van der Waals surface area contributed by atoms with Gasteiger partial charge in [0.25, 0.3) is 5.69 Å². The van der Waals surface area contributed by atoms with Gasteiger partial charge in [-0.15, -0.1) is 0 Å². The minimum absolute atomic E-state index is 0.0827. The van der Waals surface area contributed by atoms with E-state index in [9.17, 15) is 10.1 Å². The van der Waals surface area contributed by atoms with Crippen LogP contribution in [-0.2, 0) is 5.75 Å². The number of hydrogen-bond acceptors (Lipinski definition) is 4. The summed E-state index contributed by atoms with van der Waals surface area (Å²) in [6.07, 6.45) is 1.76. The van der Waals surface area contributed by atoms with Crippen LogP contribution in [0.25, 0.3) is 22.0 Å². The molecule has 134 valence electrons. The topological polar surface area (TPSA) is 71.8 Å². The number of thioether (sulfide) groups is 1. The largest absolute Gasteiger partial charge is 0.333 e. The van der Waals surface area contributed by atoms with E-state index in [0.717, 1.165) is 22.2 Å². The number of nitrogens with zero attached hydrogens (tertiary/aromatic N) is 2. The third-order valence-electron chi connectivity index (χ3n) is 4.57. The minimum Gasteiger partial charge on any atom is -0.333 e. The standard InChI is InChI=1S/C21H17N3O2S/c1-14-6-7-15-4-2-3-5-18(15)19(14)13-27-21-22-12-20(23-21)16-8-10-17(11-9-16)24(25)26/h2-12H,13H2,1H3,(H,22,23). The molecule has 0 aliphatic rings. The maximum Gasteiger partial charge on any atom is 0.269 e. The molecular formula is C21H17N3O2S. The minimum atomic E-state index is -0.398. The third-order valence-corrected chi connectivity index (χ3v) is 5.48. The molecule has 0 fully saturated rings. The van der Waals surface area contributed by atoms with Gasteiger partial charge in [0.1, 0.15) is 0 Å². The van der Waals surface area contributed by atoms with E-state index in [1.54, 1.807) is 30.1 Å². The van der Waals surface area contributed by atoms with Gasteiger partial charge in [-0.05, 0) is 41.0 Å². The quantitative estimate of drug-likeness (QED) is 0.274. The zero-order valence-electron chi connectivity index (χ0n) is 14.7. The Morgan fingerprint density at radius 3 is 2.63 bits per heavy atom. The van der Waals surface area contributed by atoms with Gasteiger partial charge in [0.15, 0.2) is 5.16 Å². The molecule has 0 aliphatic carbocycles. The molecule has 1 N–H and O–H groups in total. The van der Waals surface area contributed by atoms with Crippen LogP contribution in [0.3, 0.4) is 0 Å². The number of imidazole rings is 1. The highest BCUT2D eigenvalue weighted by Crippen LogP contribution is 2.30. The summed E-state index contributed by atoms with van der Waals surface area (Å²) in [4.78, 5) is 18.1. The molecule has 1 aromatic heterocycles. The van der Waals surface area contributed by atoms with Crippen LogP contribution in [0.15, 0.2) is 72.0 Å². The Morgan fingerprint density at radius 1 is 1.07 bits per heavy atom. The van der Waals surface area contributed by atoms with Gasteiger partial charge in [0, 0.05) is 23.4 Å². The van der Waals surface area contributed by atoms with Crippen LogP contribution in [0.4, 0.5) is 5.69 Å². The molecule has 1 heterocycles. The number of H-pyrrole nitrogens is 1. The highest BCUT2D eigenvalue weighted by atomic mass is 32.2. The number of aryl methyl sites for hydroxylation is 1. The fourth-order valence-corrected chi connectivity index (χ4v) is 4.04. The number of benzene rings is 3. The number of fused-ring (bicyclic) bond motifs is 1. The molecule has 0 amide bonds. The molecule has 0 radical (unpaired) electrons. The molecule has 27 heavy (non-hydrogen) atoms. The van der Waals surface area contributed by atoms with Gasteiger partial charge in [0.2, 0.25) is 0 Å². The van der Waals surface area contributed by atoms with Crippen molar-refractivity contribution in [2.75, 3.05) is 0 Å². The lowest BCUT2D eigenvalue weighted by atomic mass is 10.0. The van der Waals surface area contributed by atoms with Gasteiger partial charge in [-0.1, -0.05) is 48.2 Å². The van der Waals surface area contributed by atoms with Crippen LogP contribution in [0.5, 0.6) is 0 Å². The van der Waals surface area contributed by atoms with Crippen LogP contribution < -0.4 is 0 Å². The molecule has 3 aromatic carbocycles. The number of nitrogens with one attached hydrogen (secondary N) is 1. The Kier molecular flexibility index (Phi) is 4.64. The highest BCUT2D eigenvalue weighted by molar-refractivity contribution is 7.98. The second kappa shape index (κ2) is 7.25. The van der Waals surface area contributed by atoms with E-state index in [1.807, 2.05) is 0 Å². The van der Waals surface area contributed by atoms with Crippen molar-refractivity contribution in [3.63, 3.8) is 0 Å². The Hall–Kier alpha value is -3.12. The predicted octanol–water partition coefficient (Wildman–Crippen LogP) is 5.74. The normalized spacial score (nSPS) is 11.0. The summed E-state index contributed by atoms with van der Waals surface area (Å²) in [5, 5.41) is 14.1. The van der Waals surface area contributed by atoms with Crippen molar-refractivity contribution in [2.45, 2.75) is 17.8 Å². The van der Waals surface area contributed by atoms with E-state index in [1.165, 1.54) is 34.0 Å². The smallest absolute Gasteiger partial charge is 0.269 e. The van der Waals surface area contributed by atoms with Gasteiger partial charge in [-0.2, -0.15) is 0 Å². The molecule has 4 rings (SSSR count). The number of aromatic amines is 1. The Labute approximate surface area is 160 Å². The number of nitro groups is 1. The lowest BCUT2D eigenvalue weighted by molar-refractivity contribution is -0.384. The van der Waals surface area contributed by atoms with Crippen LogP contribution in [-0.4, -0.2) is 14.9 Å². The fraction of sp³-hybridized carbons (Fsp3) is 0.0952. The van der Waals surface area contributed by atoms with Crippen molar-refractivity contribution in [3.8, 4) is 11.3 Å². The Morgan fingerprint density at radius 2 is 1.85 bits per heavy atom. The number of aromatic nitrogens is 2. The van der Waals surface area contributed by atoms with E-state index in [-0.39, 0.29) is 5.69 Å². The molecule has 0 bridgehead atoms. The van der Waals surface area contributed by atoms with Gasteiger partial charge in [-0.3, -0.25) is 10.1 Å². The first-order valence-electron chi connectivity index (χ1n) is 8.51. The molecule has 0 aliphatic heterocycles. The van der Waals surface area contributed by atoms with Crippen molar-refractivity contribution in [1.29, 1.82) is 0 Å². The van der Waals surface area contributed by atoms with E-state index in [0.29, 0.717) is 0 Å². The van der Waals surface area contributed by atoms with Crippen molar-refractivity contribution in [3.05, 3.63) is 88.1 Å². The monoisotopic (exact) mass is 375 g/mol. The van der Waals surface area contributed by atoms with Crippen LogP contribution >= 0.6 is 11.8 Å². The first kappa shape index (κ1) is 17.3. The summed E-state index contributed by atoms with van der Waals surface area (Å²) in [6.45, 7) is 2.13. The summed E-state index contributed by atoms with van der Waals surface area (Å²) in [5.74, 6) is 0.820. The molecule has 4 aromatic rings. The van der Waals surface area contributed by atoms with Crippen molar-refractivity contribution >= 4 is 28.2 Å². The summed E-state index contributed by atoms with van der Waals surface area (Å²) in [7, 11) is 0. The number of nitro benzene ring substituents is 1. The zero-order valence-corrected chi connectivity index (χ0v) is 15.5. The van der Waals surface area contributed by atoms with Crippen molar-refractivity contribution < 1.29 is 4.92 Å². The molecule has 0 spiro atoms. The Balaban J connectivity index is 1.54. The van der Waals surface area contributed by atoms with Crippen LogP contribution in [0.1, 0.15) is 11.1 Å². The first-order chi connectivity index (χ1) is 13.1. The van der Waals surface area contributed by atoms with E-state index < -0.39 is 4.92 Å². The average molecular weight is 375 g/mol. The maximum atomic E-state index is 10.8. The number of non-ortho nitro benzene ring substituents is 1. The van der Waals surface area contributed by atoms with Gasteiger partial charge in [0.05, 0.1) is 16.8 Å². The maximum absolute atomic E-state index is 10.8. The van der Waals surface area contributed by atoms with E-state index >= 15 is 0 Å². The summed E-state index contributed by atoms with van der Waals surface area (Å²) in [5.41, 5.74) is 4.39.